The Bertz CT molecular complexity index is 1230. The Morgan fingerprint density at radius 1 is 1.12 bits per heavy atom. The van der Waals surface area contributed by atoms with Crippen molar-refractivity contribution in [1.29, 1.82) is 0 Å². The number of nitrogens with one attached hydrogen (secondary N) is 3. The molecule has 2 amide bonds. The molecule has 2 aromatic rings. The summed E-state index contributed by atoms with van der Waals surface area (Å²) in [5.41, 5.74) is 3.08. The average molecular weight is 486 g/mol. The number of carbonyl (C=O) groups is 2. The van der Waals surface area contributed by atoms with Crippen LogP contribution < -0.4 is 16.0 Å². The van der Waals surface area contributed by atoms with Crippen molar-refractivity contribution < 1.29 is 22.4 Å². The van der Waals surface area contributed by atoms with E-state index in [1.165, 1.54) is 42.7 Å². The second-order valence-electron chi connectivity index (χ2n) is 8.75. The summed E-state index contributed by atoms with van der Waals surface area (Å²) in [6.07, 6.45) is 7.71. The molecular weight excluding hydrogens is 457 g/mol. The van der Waals surface area contributed by atoms with Crippen molar-refractivity contribution in [2.45, 2.75) is 43.9 Å². The van der Waals surface area contributed by atoms with Gasteiger partial charge in [0.1, 0.15) is 11.9 Å². The number of benzene rings is 2. The Labute approximate surface area is 198 Å². The van der Waals surface area contributed by atoms with Crippen molar-refractivity contribution in [3.63, 3.8) is 0 Å². The van der Waals surface area contributed by atoms with E-state index in [4.69, 9.17) is 0 Å². The van der Waals surface area contributed by atoms with E-state index in [1.807, 2.05) is 0 Å². The molecule has 0 aromatic heterocycles. The van der Waals surface area contributed by atoms with E-state index in [0.29, 0.717) is 29.0 Å². The molecule has 3 N–H and O–H groups in total. The van der Waals surface area contributed by atoms with Gasteiger partial charge in [0, 0.05) is 12.1 Å². The maximum atomic E-state index is 13.4. The molecule has 0 fully saturated rings. The van der Waals surface area contributed by atoms with E-state index in [1.54, 1.807) is 18.2 Å². The Hall–Kier alpha value is -3.20. The molecule has 4 rings (SSSR count). The first-order valence-corrected chi connectivity index (χ1v) is 13.2. The molecule has 0 spiro atoms. The molecule has 0 radical (unpaired) electrons. The molecule has 9 heteroatoms. The fraction of sp³-hybridized carbons (Fsp3) is 0.360. The van der Waals surface area contributed by atoms with Crippen LogP contribution in [0.1, 0.15) is 48.0 Å². The van der Waals surface area contributed by atoms with Crippen molar-refractivity contribution in [2.24, 2.45) is 0 Å². The van der Waals surface area contributed by atoms with Gasteiger partial charge >= 0.3 is 0 Å². The lowest BCUT2D eigenvalue weighted by Crippen LogP contribution is -2.43. The van der Waals surface area contributed by atoms with Crippen molar-refractivity contribution in [2.75, 3.05) is 22.9 Å². The fourth-order valence-electron chi connectivity index (χ4n) is 4.27. The van der Waals surface area contributed by atoms with Gasteiger partial charge in [-0.2, -0.15) is 0 Å². The number of allylic oxidation sites excluding steroid dienone is 1. The molecule has 0 saturated heterocycles. The third-order valence-electron chi connectivity index (χ3n) is 6.00. The lowest BCUT2D eigenvalue weighted by Gasteiger charge is -2.27. The molecule has 0 saturated carbocycles. The first-order valence-electron chi connectivity index (χ1n) is 11.4. The standard InChI is InChI=1S/C25H28FN3O4S/c26-20-8-4-7-18(13-20)15-34(32,33)16-23-25(31)29-22-14-19(9-10-21(22)28-23)24(30)27-12-11-17-5-2-1-3-6-17/h4-5,7-10,13-14,23,28H,1-3,6,11-12,15-16H2,(H,27,30)(H,29,31). The monoisotopic (exact) mass is 485 g/mol. The fourth-order valence-corrected chi connectivity index (χ4v) is 5.82. The first kappa shape index (κ1) is 23.9. The van der Waals surface area contributed by atoms with E-state index < -0.39 is 33.4 Å². The highest BCUT2D eigenvalue weighted by Crippen LogP contribution is 2.28. The van der Waals surface area contributed by atoms with Crippen molar-refractivity contribution >= 4 is 33.0 Å². The molecule has 34 heavy (non-hydrogen) atoms. The second kappa shape index (κ2) is 10.4. The molecule has 1 atom stereocenters. The van der Waals surface area contributed by atoms with Gasteiger partial charge in [0.15, 0.2) is 9.84 Å². The number of fused-ring (bicyclic) bond motifs is 1. The quantitative estimate of drug-likeness (QED) is 0.494. The zero-order valence-electron chi connectivity index (χ0n) is 18.8. The highest BCUT2D eigenvalue weighted by Gasteiger charge is 2.30. The number of carbonyl (C=O) groups excluding carboxylic acids is 2. The van der Waals surface area contributed by atoms with E-state index in [0.717, 1.165) is 19.3 Å². The van der Waals surface area contributed by atoms with Crippen LogP contribution in [0.25, 0.3) is 0 Å². The Balaban J connectivity index is 1.36. The molecule has 1 aliphatic carbocycles. The van der Waals surface area contributed by atoms with Gasteiger partial charge in [-0.25, -0.2) is 12.8 Å². The zero-order valence-corrected chi connectivity index (χ0v) is 19.6. The van der Waals surface area contributed by atoms with Crippen LogP contribution in [0, 0.1) is 5.82 Å². The van der Waals surface area contributed by atoms with Crippen LogP contribution >= 0.6 is 0 Å². The molecule has 180 valence electrons. The summed E-state index contributed by atoms with van der Waals surface area (Å²) in [6.45, 7) is 0.553. The minimum Gasteiger partial charge on any atom is -0.371 e. The number of anilines is 2. The molecule has 1 unspecified atom stereocenters. The summed E-state index contributed by atoms with van der Waals surface area (Å²) < 4.78 is 38.6. The van der Waals surface area contributed by atoms with Gasteiger partial charge < -0.3 is 16.0 Å². The van der Waals surface area contributed by atoms with Gasteiger partial charge in [0.05, 0.1) is 22.9 Å². The average Bonchev–Trinajstić information content (AvgIpc) is 2.79. The van der Waals surface area contributed by atoms with Gasteiger partial charge in [0.2, 0.25) is 5.91 Å². The number of rotatable bonds is 8. The summed E-state index contributed by atoms with van der Waals surface area (Å²) >= 11 is 0. The Kier molecular flexibility index (Phi) is 7.31. The largest absolute Gasteiger partial charge is 0.371 e. The van der Waals surface area contributed by atoms with Crippen molar-refractivity contribution in [1.82, 2.24) is 5.32 Å². The SMILES string of the molecule is O=C(NCCC1=CCCCC1)c1ccc2c(c1)NC(=O)C(CS(=O)(=O)Cc1cccc(F)c1)N2. The van der Waals surface area contributed by atoms with E-state index in [9.17, 15) is 22.4 Å². The Morgan fingerprint density at radius 2 is 1.97 bits per heavy atom. The minimum absolute atomic E-state index is 0.228. The highest BCUT2D eigenvalue weighted by atomic mass is 32.2. The van der Waals surface area contributed by atoms with Gasteiger partial charge in [0.25, 0.3) is 5.91 Å². The smallest absolute Gasteiger partial charge is 0.251 e. The van der Waals surface area contributed by atoms with Crippen LogP contribution in [-0.2, 0) is 20.4 Å². The number of hydrogen-bond acceptors (Lipinski definition) is 5. The van der Waals surface area contributed by atoms with Crippen LogP contribution in [0.3, 0.4) is 0 Å². The highest BCUT2D eigenvalue weighted by molar-refractivity contribution is 7.90. The predicted molar refractivity (Wildman–Crippen MR) is 130 cm³/mol. The minimum atomic E-state index is -3.69. The predicted octanol–water partition coefficient (Wildman–Crippen LogP) is 3.79. The summed E-state index contributed by atoms with van der Waals surface area (Å²) in [7, 11) is -3.69. The van der Waals surface area contributed by atoms with Gasteiger partial charge in [-0.1, -0.05) is 23.8 Å². The van der Waals surface area contributed by atoms with Crippen LogP contribution in [-0.4, -0.2) is 38.6 Å². The Morgan fingerprint density at radius 3 is 2.74 bits per heavy atom. The molecule has 1 aliphatic heterocycles. The summed E-state index contributed by atoms with van der Waals surface area (Å²) in [5.74, 6) is -2.04. The van der Waals surface area contributed by atoms with Gasteiger partial charge in [-0.15, -0.1) is 0 Å². The maximum absolute atomic E-state index is 13.4. The lowest BCUT2D eigenvalue weighted by molar-refractivity contribution is -0.116. The summed E-state index contributed by atoms with van der Waals surface area (Å²) in [5, 5.41) is 8.55. The van der Waals surface area contributed by atoms with Crippen LogP contribution in [0.15, 0.2) is 54.1 Å². The number of sulfone groups is 1. The molecule has 1 heterocycles. The van der Waals surface area contributed by atoms with Crippen LogP contribution in [0.2, 0.25) is 0 Å². The zero-order chi connectivity index (χ0) is 24.1. The van der Waals surface area contributed by atoms with Crippen molar-refractivity contribution in [3.8, 4) is 0 Å². The molecule has 7 nitrogen and oxygen atoms in total. The molecular formula is C25H28FN3O4S. The molecule has 2 aromatic carbocycles. The van der Waals surface area contributed by atoms with Gasteiger partial charge in [-0.05, 0) is 68.0 Å². The molecule has 2 aliphatic rings. The van der Waals surface area contributed by atoms with Gasteiger partial charge in [-0.3, -0.25) is 9.59 Å². The third kappa shape index (κ3) is 6.22. The normalized spacial score (nSPS) is 17.7. The number of amides is 2. The summed E-state index contributed by atoms with van der Waals surface area (Å²) in [6, 6.07) is 9.26. The number of hydrogen-bond donors (Lipinski definition) is 3. The summed E-state index contributed by atoms with van der Waals surface area (Å²) in [4.78, 5) is 25.1. The van der Waals surface area contributed by atoms with E-state index in [2.05, 4.69) is 22.0 Å². The maximum Gasteiger partial charge on any atom is 0.251 e. The van der Waals surface area contributed by atoms with E-state index in [-0.39, 0.29) is 11.7 Å². The van der Waals surface area contributed by atoms with Crippen molar-refractivity contribution in [3.05, 3.63) is 71.1 Å². The lowest BCUT2D eigenvalue weighted by atomic mass is 9.97. The first-order chi connectivity index (χ1) is 16.3. The number of halogens is 1. The third-order valence-corrected chi connectivity index (χ3v) is 7.61. The molecule has 0 bridgehead atoms. The van der Waals surface area contributed by atoms with E-state index >= 15 is 0 Å². The topological polar surface area (TPSA) is 104 Å². The van der Waals surface area contributed by atoms with Crippen LogP contribution in [0.5, 0.6) is 0 Å². The van der Waals surface area contributed by atoms with Crippen LogP contribution in [0.4, 0.5) is 15.8 Å². The second-order valence-corrected chi connectivity index (χ2v) is 10.9.